The smallest absolute Gasteiger partial charge is 0.0264 e. The first-order chi connectivity index (χ1) is 30.5. The third-order valence-electron chi connectivity index (χ3n) is 23.6. The molecular weight excluding hydrogens is 769 g/mol. The highest BCUT2D eigenvalue weighted by atomic mass is 14.7. The van der Waals surface area contributed by atoms with E-state index in [0.717, 1.165) is 88.8 Å². The second kappa shape index (κ2) is 22.5. The minimum atomic E-state index is 0.620. The molecule has 0 saturated heterocycles. The molecule has 0 radical (unpaired) electrons. The number of allylic oxidation sites excluding steroid dienone is 2. The van der Waals surface area contributed by atoms with Crippen molar-refractivity contribution in [1.29, 1.82) is 0 Å². The lowest BCUT2D eigenvalue weighted by Crippen LogP contribution is -2.56. The van der Waals surface area contributed by atoms with Gasteiger partial charge in [0.05, 0.1) is 0 Å². The van der Waals surface area contributed by atoms with Gasteiger partial charge in [-0.25, -0.2) is 0 Å². The summed E-state index contributed by atoms with van der Waals surface area (Å²) in [6.45, 7) is 40.4. The zero-order valence-corrected chi connectivity index (χ0v) is 45.9. The van der Waals surface area contributed by atoms with Gasteiger partial charge in [-0.15, -0.1) is 13.2 Å². The summed E-state index contributed by atoms with van der Waals surface area (Å²) >= 11 is 0. The molecule has 0 aromatic carbocycles. The fraction of sp³-hybridized carbons (Fsp3) is 0.938. The van der Waals surface area contributed by atoms with Crippen LogP contribution in [0.4, 0.5) is 0 Å². The van der Waals surface area contributed by atoms with Crippen LogP contribution in [0.15, 0.2) is 24.3 Å². The molecule has 19 atom stereocenters. The zero-order chi connectivity index (χ0) is 46.6. The summed E-state index contributed by atoms with van der Waals surface area (Å²) in [6.07, 6.45) is 41.7. The Morgan fingerprint density at radius 3 is 1.66 bits per heavy atom. The normalized spacial score (nSPS) is 45.3. The molecule has 8 saturated carbocycles. The van der Waals surface area contributed by atoms with Crippen molar-refractivity contribution in [3.05, 3.63) is 24.3 Å². The van der Waals surface area contributed by atoms with Gasteiger partial charge in [-0.3, -0.25) is 0 Å². The lowest BCUT2D eigenvalue weighted by molar-refractivity contribution is -0.142. The van der Waals surface area contributed by atoms with Gasteiger partial charge in [0.1, 0.15) is 0 Å². The number of fused-ring (bicyclic) bond motifs is 10. The molecule has 8 fully saturated rings. The van der Waals surface area contributed by atoms with Crippen LogP contribution in [-0.2, 0) is 0 Å². The van der Waals surface area contributed by atoms with Crippen LogP contribution in [0.25, 0.3) is 0 Å². The molecule has 0 heterocycles. The van der Waals surface area contributed by atoms with Crippen LogP contribution in [0.1, 0.15) is 270 Å². The van der Waals surface area contributed by atoms with E-state index in [9.17, 15) is 0 Å². The SMILES string of the molecule is C=C(C)CCC(C)C1CCC2C3C(C)CC4CC(C)CCC4(C)C3CCC12C.C=C(C)CCC(C)C1CCC2C3CCC4CC(CCCCCCCC)CCC4(C)C3CCC12C.CC. The first-order valence-electron chi connectivity index (χ1n) is 29.7. The van der Waals surface area contributed by atoms with Gasteiger partial charge in [-0.05, 0) is 253 Å². The van der Waals surface area contributed by atoms with E-state index in [2.05, 4.69) is 89.3 Å². The average Bonchev–Trinajstić information content (AvgIpc) is 3.81. The molecule has 0 heteroatoms. The summed E-state index contributed by atoms with van der Waals surface area (Å²) in [5.74, 6) is 14.9. The molecule has 370 valence electrons. The van der Waals surface area contributed by atoms with Crippen molar-refractivity contribution in [2.75, 3.05) is 0 Å². The second-order valence-electron chi connectivity index (χ2n) is 27.3. The van der Waals surface area contributed by atoms with Crippen molar-refractivity contribution in [1.82, 2.24) is 0 Å². The molecule has 0 bridgehead atoms. The van der Waals surface area contributed by atoms with E-state index in [4.69, 9.17) is 0 Å². The lowest BCUT2D eigenvalue weighted by Gasteiger charge is -2.63. The van der Waals surface area contributed by atoms with Gasteiger partial charge in [0.2, 0.25) is 0 Å². The highest BCUT2D eigenvalue weighted by Gasteiger charge is 2.63. The fourth-order valence-electron chi connectivity index (χ4n) is 20.0. The Morgan fingerprint density at radius 2 is 1.03 bits per heavy atom. The van der Waals surface area contributed by atoms with E-state index in [1.807, 2.05) is 13.8 Å². The van der Waals surface area contributed by atoms with Crippen LogP contribution in [0.5, 0.6) is 0 Å². The zero-order valence-electron chi connectivity index (χ0n) is 45.9. The van der Waals surface area contributed by atoms with Crippen LogP contribution < -0.4 is 0 Å². The molecular formula is C64H114. The quantitative estimate of drug-likeness (QED) is 0.114. The van der Waals surface area contributed by atoms with Crippen molar-refractivity contribution >= 4 is 0 Å². The van der Waals surface area contributed by atoms with Crippen LogP contribution in [0.2, 0.25) is 0 Å². The topological polar surface area (TPSA) is 0 Å². The summed E-state index contributed by atoms with van der Waals surface area (Å²) in [7, 11) is 0. The largest absolute Gasteiger partial charge is 0.100 e. The molecule has 64 heavy (non-hydrogen) atoms. The lowest BCUT2D eigenvalue weighted by atomic mass is 9.42. The Kier molecular flexibility index (Phi) is 18.6. The summed E-state index contributed by atoms with van der Waals surface area (Å²) in [5.41, 5.74) is 5.35. The van der Waals surface area contributed by atoms with E-state index in [0.29, 0.717) is 21.7 Å². The molecule has 8 aliphatic carbocycles. The van der Waals surface area contributed by atoms with Crippen molar-refractivity contribution in [2.45, 2.75) is 270 Å². The van der Waals surface area contributed by atoms with Crippen LogP contribution in [0, 0.1) is 110 Å². The summed E-state index contributed by atoms with van der Waals surface area (Å²) < 4.78 is 0. The molecule has 0 N–H and O–H groups in total. The fourth-order valence-corrected chi connectivity index (χ4v) is 20.0. The van der Waals surface area contributed by atoms with E-state index in [1.54, 1.807) is 44.9 Å². The van der Waals surface area contributed by atoms with Crippen LogP contribution in [0.3, 0.4) is 0 Å². The van der Waals surface area contributed by atoms with E-state index >= 15 is 0 Å². The molecule has 19 unspecified atom stereocenters. The highest BCUT2D eigenvalue weighted by molar-refractivity contribution is 5.12. The number of rotatable bonds is 15. The van der Waals surface area contributed by atoms with Gasteiger partial charge in [0.25, 0.3) is 0 Å². The maximum absolute atomic E-state index is 4.19. The Balaban J connectivity index is 0.000000208. The third kappa shape index (κ3) is 10.8. The van der Waals surface area contributed by atoms with Gasteiger partial charge in [0, 0.05) is 0 Å². The Bertz CT molecular complexity index is 1470. The van der Waals surface area contributed by atoms with E-state index in [1.165, 1.54) is 146 Å². The molecule has 0 aliphatic heterocycles. The van der Waals surface area contributed by atoms with Crippen LogP contribution in [-0.4, -0.2) is 0 Å². The van der Waals surface area contributed by atoms with Crippen LogP contribution >= 0.6 is 0 Å². The Labute approximate surface area is 402 Å². The highest BCUT2D eigenvalue weighted by Crippen LogP contribution is 2.71. The molecule has 8 aliphatic rings. The Hall–Kier alpha value is -0.520. The van der Waals surface area contributed by atoms with Crippen molar-refractivity contribution < 1.29 is 0 Å². The van der Waals surface area contributed by atoms with Gasteiger partial charge < -0.3 is 0 Å². The number of hydrogen-bond acceptors (Lipinski definition) is 0. The van der Waals surface area contributed by atoms with Crippen molar-refractivity contribution in [2.24, 2.45) is 110 Å². The molecule has 8 rings (SSSR count). The molecule has 0 amide bonds. The van der Waals surface area contributed by atoms with Gasteiger partial charge in [0.15, 0.2) is 0 Å². The van der Waals surface area contributed by atoms with Gasteiger partial charge in [-0.2, -0.15) is 0 Å². The minimum Gasteiger partial charge on any atom is -0.100 e. The monoisotopic (exact) mass is 883 g/mol. The maximum atomic E-state index is 4.19. The molecule has 0 spiro atoms. The maximum Gasteiger partial charge on any atom is -0.0264 e. The number of unbranched alkanes of at least 4 members (excludes halogenated alkanes) is 5. The Morgan fingerprint density at radius 1 is 0.531 bits per heavy atom. The summed E-state index contributed by atoms with van der Waals surface area (Å²) in [6, 6.07) is 0. The molecule has 0 aromatic heterocycles. The molecule has 0 aromatic rings. The summed E-state index contributed by atoms with van der Waals surface area (Å²) in [5, 5.41) is 0. The first kappa shape index (κ1) is 52.8. The second-order valence-corrected chi connectivity index (χ2v) is 27.3. The average molecular weight is 884 g/mol. The molecule has 0 nitrogen and oxygen atoms in total. The predicted octanol–water partition coefficient (Wildman–Crippen LogP) is 20.6. The van der Waals surface area contributed by atoms with Gasteiger partial charge >= 0.3 is 0 Å². The van der Waals surface area contributed by atoms with Crippen molar-refractivity contribution in [3.63, 3.8) is 0 Å². The minimum absolute atomic E-state index is 0.620. The van der Waals surface area contributed by atoms with Gasteiger partial charge in [-0.1, -0.05) is 139 Å². The summed E-state index contributed by atoms with van der Waals surface area (Å²) in [4.78, 5) is 0. The predicted molar refractivity (Wildman–Crippen MR) is 283 cm³/mol. The van der Waals surface area contributed by atoms with Crippen molar-refractivity contribution in [3.8, 4) is 0 Å². The third-order valence-corrected chi connectivity index (χ3v) is 23.6. The first-order valence-corrected chi connectivity index (χ1v) is 29.7. The number of hydrogen-bond donors (Lipinski definition) is 0. The van der Waals surface area contributed by atoms with E-state index < -0.39 is 0 Å². The van der Waals surface area contributed by atoms with E-state index in [-0.39, 0.29) is 0 Å². The standard InChI is InChI=1S/C34H60.C28H48.C2H6/c1-7-8-9-10-11-12-13-27-20-22-33(5)28(24-27)16-17-29-31-19-18-30(26(4)15-14-25(2)3)34(31,6)23-21-32(29)33;1-18(2)8-9-20(4)23-10-11-24-26-21(5)17-22-16-19(3)12-14-27(22,6)25(26)13-15-28(23,24)7;1-2/h26-32H,2,7-24H2,1,3-6H3;19-26H,1,8-17H2,2-7H3;1-2H3.